The predicted octanol–water partition coefficient (Wildman–Crippen LogP) is 0.372. The lowest BCUT2D eigenvalue weighted by molar-refractivity contribution is -0.142. The summed E-state index contributed by atoms with van der Waals surface area (Å²) in [5, 5.41) is 9.22. The van der Waals surface area contributed by atoms with E-state index in [1.54, 1.807) is 29.0 Å². The Balaban J connectivity index is 2.22. The van der Waals surface area contributed by atoms with Crippen LogP contribution in [0.2, 0.25) is 0 Å². The Morgan fingerprint density at radius 2 is 2.30 bits per heavy atom. The van der Waals surface area contributed by atoms with Crippen LogP contribution in [0, 0.1) is 5.92 Å². The van der Waals surface area contributed by atoms with Crippen LogP contribution in [0.25, 0.3) is 0 Å². The first-order valence-electron chi connectivity index (χ1n) is 6.64. The Labute approximate surface area is 117 Å². The first kappa shape index (κ1) is 14.5. The molecule has 0 aromatic carbocycles. The number of amides is 1. The lowest BCUT2D eigenvalue weighted by Gasteiger charge is -2.29. The molecule has 20 heavy (non-hydrogen) atoms. The first-order chi connectivity index (χ1) is 9.54. The van der Waals surface area contributed by atoms with Gasteiger partial charge in [0.15, 0.2) is 0 Å². The van der Waals surface area contributed by atoms with Crippen molar-refractivity contribution in [2.24, 2.45) is 13.0 Å². The van der Waals surface area contributed by atoms with Crippen molar-refractivity contribution in [1.82, 2.24) is 14.5 Å². The summed E-state index contributed by atoms with van der Waals surface area (Å²) >= 11 is 0. The monoisotopic (exact) mass is 281 g/mol. The van der Waals surface area contributed by atoms with E-state index >= 15 is 0 Å². The molecule has 1 aromatic heterocycles. The van der Waals surface area contributed by atoms with Crippen molar-refractivity contribution in [3.63, 3.8) is 0 Å². The van der Waals surface area contributed by atoms with Crippen LogP contribution in [0.1, 0.15) is 23.8 Å². The van der Waals surface area contributed by atoms with Crippen molar-refractivity contribution < 1.29 is 19.4 Å². The summed E-state index contributed by atoms with van der Waals surface area (Å²) in [7, 11) is 1.78. The summed E-state index contributed by atoms with van der Waals surface area (Å²) in [5.41, 5.74) is 0.331. The summed E-state index contributed by atoms with van der Waals surface area (Å²) < 4.78 is 6.94. The van der Waals surface area contributed by atoms with Gasteiger partial charge in [-0.3, -0.25) is 9.59 Å². The number of hydrogen-bond acceptors (Lipinski definition) is 4. The van der Waals surface area contributed by atoms with Gasteiger partial charge in [-0.1, -0.05) is 6.92 Å². The molecule has 1 aromatic rings. The summed E-state index contributed by atoms with van der Waals surface area (Å²) in [4.78, 5) is 29.4. The highest BCUT2D eigenvalue weighted by molar-refractivity contribution is 5.92. The van der Waals surface area contributed by atoms with Crippen LogP contribution in [0.5, 0.6) is 0 Å². The number of aliphatic carboxylic acids is 1. The minimum atomic E-state index is -0.928. The topological polar surface area (TPSA) is 84.7 Å². The van der Waals surface area contributed by atoms with Crippen LogP contribution < -0.4 is 0 Å². The van der Waals surface area contributed by atoms with Gasteiger partial charge in [-0.15, -0.1) is 0 Å². The number of nitrogens with zero attached hydrogens (tertiary/aromatic N) is 3. The lowest BCUT2D eigenvalue weighted by atomic mass is 10.0. The Bertz CT molecular complexity index is 500. The summed E-state index contributed by atoms with van der Waals surface area (Å²) in [6.07, 6.45) is 3.94. The number of hydrogen-bond donors (Lipinski definition) is 1. The SMILES string of the molecule is CCCN(C(=O)c1cn(C)cn1)C1COCC1C(=O)O. The van der Waals surface area contributed by atoms with Crippen molar-refractivity contribution >= 4 is 11.9 Å². The summed E-state index contributed by atoms with van der Waals surface area (Å²) in [6, 6.07) is -0.429. The molecule has 110 valence electrons. The molecule has 7 heteroatoms. The standard InChI is InChI=1S/C13H19N3O4/c1-3-4-16(11-7-20-6-9(11)13(18)19)12(17)10-5-15(2)8-14-10/h5,8-9,11H,3-4,6-7H2,1-2H3,(H,18,19). The van der Waals surface area contributed by atoms with Gasteiger partial charge in [-0.25, -0.2) is 4.98 Å². The van der Waals surface area contributed by atoms with Crippen molar-refractivity contribution in [3.05, 3.63) is 18.2 Å². The molecule has 0 spiro atoms. The zero-order chi connectivity index (χ0) is 14.7. The van der Waals surface area contributed by atoms with E-state index in [-0.39, 0.29) is 19.1 Å². The number of carbonyl (C=O) groups is 2. The normalized spacial score (nSPS) is 21.9. The molecule has 1 amide bonds. The van der Waals surface area contributed by atoms with Crippen molar-refractivity contribution in [1.29, 1.82) is 0 Å². The Hall–Kier alpha value is -1.89. The molecule has 0 bridgehead atoms. The zero-order valence-corrected chi connectivity index (χ0v) is 11.7. The molecule has 0 saturated carbocycles. The maximum Gasteiger partial charge on any atom is 0.311 e. The Morgan fingerprint density at radius 1 is 1.55 bits per heavy atom. The van der Waals surface area contributed by atoms with Gasteiger partial charge in [0.05, 0.1) is 25.6 Å². The molecule has 1 aliphatic heterocycles. The quantitative estimate of drug-likeness (QED) is 0.843. The second-order valence-corrected chi connectivity index (χ2v) is 4.97. The van der Waals surface area contributed by atoms with Crippen molar-refractivity contribution in [2.45, 2.75) is 19.4 Å². The number of aryl methyl sites for hydroxylation is 1. The maximum absolute atomic E-state index is 12.5. The molecule has 1 N–H and O–H groups in total. The fourth-order valence-electron chi connectivity index (χ4n) is 2.42. The highest BCUT2D eigenvalue weighted by Gasteiger charge is 2.40. The van der Waals surface area contributed by atoms with E-state index in [0.717, 1.165) is 6.42 Å². The van der Waals surface area contributed by atoms with E-state index in [0.29, 0.717) is 12.2 Å². The molecule has 7 nitrogen and oxygen atoms in total. The fourth-order valence-corrected chi connectivity index (χ4v) is 2.42. The lowest BCUT2D eigenvalue weighted by Crippen LogP contribution is -2.47. The van der Waals surface area contributed by atoms with Gasteiger partial charge in [0.1, 0.15) is 11.6 Å². The van der Waals surface area contributed by atoms with E-state index in [1.807, 2.05) is 6.92 Å². The number of rotatable bonds is 5. The van der Waals surface area contributed by atoms with Crippen LogP contribution >= 0.6 is 0 Å². The van der Waals surface area contributed by atoms with Crippen LogP contribution in [0.15, 0.2) is 12.5 Å². The smallest absolute Gasteiger partial charge is 0.311 e. The highest BCUT2D eigenvalue weighted by Crippen LogP contribution is 2.22. The third kappa shape index (κ3) is 2.82. The minimum Gasteiger partial charge on any atom is -0.481 e. The highest BCUT2D eigenvalue weighted by atomic mass is 16.5. The molecule has 0 aliphatic carbocycles. The number of carboxylic acid groups (broad SMARTS) is 1. The third-order valence-corrected chi connectivity index (χ3v) is 3.42. The number of imidazole rings is 1. The van der Waals surface area contributed by atoms with Gasteiger partial charge in [0.2, 0.25) is 0 Å². The molecule has 2 rings (SSSR count). The van der Waals surface area contributed by atoms with Gasteiger partial charge in [0.25, 0.3) is 5.91 Å². The summed E-state index contributed by atoms with van der Waals surface area (Å²) in [6.45, 7) is 2.85. The largest absolute Gasteiger partial charge is 0.481 e. The zero-order valence-electron chi connectivity index (χ0n) is 11.7. The molecule has 1 saturated heterocycles. The van der Waals surface area contributed by atoms with Gasteiger partial charge in [0, 0.05) is 19.8 Å². The molecule has 2 heterocycles. The molecule has 0 radical (unpaired) electrons. The number of carbonyl (C=O) groups excluding carboxylic acids is 1. The maximum atomic E-state index is 12.5. The fraction of sp³-hybridized carbons (Fsp3) is 0.615. The minimum absolute atomic E-state index is 0.149. The van der Waals surface area contributed by atoms with E-state index in [4.69, 9.17) is 4.74 Å². The number of aromatic nitrogens is 2. The molecule has 1 aliphatic rings. The first-order valence-corrected chi connectivity index (χ1v) is 6.64. The Morgan fingerprint density at radius 3 is 2.85 bits per heavy atom. The van der Waals surface area contributed by atoms with E-state index in [2.05, 4.69) is 4.98 Å². The van der Waals surface area contributed by atoms with Crippen molar-refractivity contribution in [3.8, 4) is 0 Å². The molecular weight excluding hydrogens is 262 g/mol. The number of carboxylic acids is 1. The van der Waals surface area contributed by atoms with Crippen LogP contribution in [-0.4, -0.2) is 57.2 Å². The van der Waals surface area contributed by atoms with Crippen LogP contribution in [-0.2, 0) is 16.6 Å². The van der Waals surface area contributed by atoms with E-state index in [9.17, 15) is 14.7 Å². The van der Waals surface area contributed by atoms with E-state index in [1.165, 1.54) is 0 Å². The van der Waals surface area contributed by atoms with Crippen molar-refractivity contribution in [2.75, 3.05) is 19.8 Å². The molecule has 2 atom stereocenters. The summed E-state index contributed by atoms with van der Waals surface area (Å²) in [5.74, 6) is -1.84. The molecule has 1 fully saturated rings. The molecule has 2 unspecified atom stereocenters. The van der Waals surface area contributed by atoms with Crippen LogP contribution in [0.4, 0.5) is 0 Å². The van der Waals surface area contributed by atoms with E-state index < -0.39 is 17.9 Å². The average Bonchev–Trinajstić information content (AvgIpc) is 3.03. The molecular formula is C13H19N3O4. The third-order valence-electron chi connectivity index (χ3n) is 3.42. The Kier molecular flexibility index (Phi) is 4.39. The second-order valence-electron chi connectivity index (χ2n) is 4.97. The second kappa shape index (κ2) is 6.04. The van der Waals surface area contributed by atoms with Gasteiger partial charge in [-0.05, 0) is 6.42 Å². The average molecular weight is 281 g/mol. The van der Waals surface area contributed by atoms with Gasteiger partial charge < -0.3 is 19.3 Å². The predicted molar refractivity (Wildman–Crippen MR) is 70.3 cm³/mol. The van der Waals surface area contributed by atoms with Gasteiger partial charge in [-0.2, -0.15) is 0 Å². The number of ether oxygens (including phenoxy) is 1. The van der Waals surface area contributed by atoms with Gasteiger partial charge >= 0.3 is 5.97 Å². The van der Waals surface area contributed by atoms with Crippen LogP contribution in [0.3, 0.4) is 0 Å².